The third-order valence-electron chi connectivity index (χ3n) is 4.49. The first-order valence-electron chi connectivity index (χ1n) is 7.30. The van der Waals surface area contributed by atoms with Crippen LogP contribution in [-0.4, -0.2) is 24.4 Å². The van der Waals surface area contributed by atoms with Crippen LogP contribution in [0.25, 0.3) is 0 Å². The van der Waals surface area contributed by atoms with E-state index in [-0.39, 0.29) is 12.1 Å². The lowest BCUT2D eigenvalue weighted by Crippen LogP contribution is -2.32. The van der Waals surface area contributed by atoms with Crippen LogP contribution < -0.4 is 5.30 Å². The van der Waals surface area contributed by atoms with Crippen LogP contribution in [0.15, 0.2) is 30.3 Å². The van der Waals surface area contributed by atoms with Gasteiger partial charge in [0, 0.05) is 12.8 Å². The van der Waals surface area contributed by atoms with E-state index in [1.165, 1.54) is 18.6 Å². The first-order valence-corrected chi connectivity index (χ1v) is 9.68. The van der Waals surface area contributed by atoms with E-state index in [9.17, 15) is 4.79 Å². The fourth-order valence-electron chi connectivity index (χ4n) is 3.47. The van der Waals surface area contributed by atoms with Gasteiger partial charge in [0.15, 0.2) is 6.66 Å². The molecule has 3 heteroatoms. The van der Waals surface area contributed by atoms with Gasteiger partial charge in [-0.25, -0.2) is 0 Å². The lowest BCUT2D eigenvalue weighted by Gasteiger charge is -2.31. The molecule has 2 unspecified atom stereocenters. The Bertz CT molecular complexity index is 455. The van der Waals surface area contributed by atoms with Gasteiger partial charge in [-0.3, -0.25) is 4.79 Å². The Balaban J connectivity index is 2.19. The maximum atomic E-state index is 11.2. The number of ether oxygens (including phenoxy) is 1. The van der Waals surface area contributed by atoms with E-state index in [1.54, 1.807) is 0 Å². The molecule has 108 valence electrons. The molecule has 0 saturated heterocycles. The van der Waals surface area contributed by atoms with Crippen molar-refractivity contribution in [1.29, 1.82) is 0 Å². The largest absolute Gasteiger partial charge is 0.462 e. The van der Waals surface area contributed by atoms with Crippen LogP contribution in [0.5, 0.6) is 0 Å². The quantitative estimate of drug-likeness (QED) is 0.624. The Hall–Kier alpha value is -0.880. The maximum absolute atomic E-state index is 11.2. The van der Waals surface area contributed by atoms with Crippen LogP contribution in [0.1, 0.15) is 33.1 Å². The summed E-state index contributed by atoms with van der Waals surface area (Å²) >= 11 is 0. The Morgan fingerprint density at radius 3 is 2.60 bits per heavy atom. The number of hydrogen-bond acceptors (Lipinski definition) is 2. The highest BCUT2D eigenvalue weighted by Gasteiger charge is 2.49. The van der Waals surface area contributed by atoms with Crippen molar-refractivity contribution in [1.82, 2.24) is 0 Å². The third kappa shape index (κ3) is 3.23. The van der Waals surface area contributed by atoms with Crippen molar-refractivity contribution < 1.29 is 9.53 Å². The molecular formula is C17H24O2P+. The van der Waals surface area contributed by atoms with Gasteiger partial charge in [-0.1, -0.05) is 18.2 Å². The predicted octanol–water partition coefficient (Wildman–Crippen LogP) is 3.75. The summed E-state index contributed by atoms with van der Waals surface area (Å²) < 4.78 is 5.42. The highest BCUT2D eigenvalue weighted by Crippen LogP contribution is 2.63. The Morgan fingerprint density at radius 2 is 2.00 bits per heavy atom. The van der Waals surface area contributed by atoms with Crippen molar-refractivity contribution >= 4 is 18.5 Å². The number of carbonyl (C=O) groups excluding carboxylic acids is 1. The molecule has 1 aliphatic rings. The smallest absolute Gasteiger partial charge is 0.302 e. The van der Waals surface area contributed by atoms with Gasteiger partial charge in [0.2, 0.25) is 0 Å². The van der Waals surface area contributed by atoms with Gasteiger partial charge in [0.25, 0.3) is 0 Å². The van der Waals surface area contributed by atoms with Gasteiger partial charge in [-0.15, -0.1) is 0 Å². The van der Waals surface area contributed by atoms with Crippen molar-refractivity contribution in [3.05, 3.63) is 37.0 Å². The zero-order valence-corrected chi connectivity index (χ0v) is 13.5. The first kappa shape index (κ1) is 15.5. The van der Waals surface area contributed by atoms with Crippen molar-refractivity contribution in [2.45, 2.75) is 44.9 Å². The molecule has 20 heavy (non-hydrogen) atoms. The summed E-state index contributed by atoms with van der Waals surface area (Å²) in [6.45, 7) is 12.5. The number of hydrogen-bond donors (Lipinski definition) is 0. The molecule has 0 aliphatic heterocycles. The summed E-state index contributed by atoms with van der Waals surface area (Å²) in [6.07, 6.45) is 3.40. The molecule has 0 amide bonds. The average Bonchev–Trinajstić information content (AvgIpc) is 2.89. The second kappa shape index (κ2) is 6.26. The maximum Gasteiger partial charge on any atom is 0.302 e. The van der Waals surface area contributed by atoms with Crippen molar-refractivity contribution in [2.24, 2.45) is 5.92 Å². The summed E-state index contributed by atoms with van der Waals surface area (Å²) in [6, 6.07) is 10.4. The number of benzene rings is 1. The SMILES string of the molecule is [CH][P+](C)(c1ccccc1)[C@H]1CCCC1[C@@H](C)OC(C)=O. The Morgan fingerprint density at radius 1 is 1.35 bits per heavy atom. The zero-order chi connectivity index (χ0) is 14.8. The van der Waals surface area contributed by atoms with Crippen molar-refractivity contribution in [3.8, 4) is 0 Å². The van der Waals surface area contributed by atoms with Gasteiger partial charge in [-0.05, 0) is 38.3 Å². The molecule has 1 aromatic rings. The van der Waals surface area contributed by atoms with Gasteiger partial charge in [0.05, 0.1) is 24.9 Å². The zero-order valence-electron chi connectivity index (χ0n) is 12.6. The molecule has 1 saturated carbocycles. The lowest BCUT2D eigenvalue weighted by atomic mass is 10.0. The molecule has 2 nitrogen and oxygen atoms in total. The molecule has 1 aromatic carbocycles. The minimum Gasteiger partial charge on any atom is -0.462 e. The Labute approximate surface area is 123 Å². The fourth-order valence-corrected chi connectivity index (χ4v) is 6.58. The minimum atomic E-state index is -1.69. The van der Waals surface area contributed by atoms with E-state index >= 15 is 0 Å². The van der Waals surface area contributed by atoms with Gasteiger partial charge in [0.1, 0.15) is 6.10 Å². The summed E-state index contributed by atoms with van der Waals surface area (Å²) in [4.78, 5) is 11.2. The molecular weight excluding hydrogens is 267 g/mol. The van der Waals surface area contributed by atoms with Crippen LogP contribution >= 0.6 is 7.26 Å². The summed E-state index contributed by atoms with van der Waals surface area (Å²) in [5.41, 5.74) is 0.458. The van der Waals surface area contributed by atoms with E-state index in [0.29, 0.717) is 11.6 Å². The molecule has 0 aromatic heterocycles. The van der Waals surface area contributed by atoms with Gasteiger partial charge < -0.3 is 4.74 Å². The van der Waals surface area contributed by atoms with Crippen molar-refractivity contribution in [2.75, 3.05) is 6.66 Å². The van der Waals surface area contributed by atoms with Gasteiger partial charge >= 0.3 is 5.97 Å². The summed E-state index contributed by atoms with van der Waals surface area (Å²) in [7, 11) is -1.69. The topological polar surface area (TPSA) is 26.3 Å². The highest BCUT2D eigenvalue weighted by molar-refractivity contribution is 7.84. The fraction of sp³-hybridized carbons (Fsp3) is 0.529. The highest BCUT2D eigenvalue weighted by atomic mass is 31.2. The van der Waals surface area contributed by atoms with Crippen LogP contribution in [0, 0.1) is 12.6 Å². The second-order valence-corrected chi connectivity index (χ2v) is 9.43. The molecule has 0 heterocycles. The van der Waals surface area contributed by atoms with E-state index in [2.05, 4.69) is 30.9 Å². The third-order valence-corrected chi connectivity index (χ3v) is 7.92. The molecule has 0 spiro atoms. The van der Waals surface area contributed by atoms with E-state index < -0.39 is 7.26 Å². The van der Waals surface area contributed by atoms with Crippen LogP contribution in [0.3, 0.4) is 0 Å². The molecule has 1 aliphatic carbocycles. The first-order chi connectivity index (χ1) is 9.43. The number of esters is 1. The summed E-state index contributed by atoms with van der Waals surface area (Å²) in [5.74, 6) is 0.197. The van der Waals surface area contributed by atoms with Crippen LogP contribution in [-0.2, 0) is 9.53 Å². The number of carbonyl (C=O) groups is 1. The van der Waals surface area contributed by atoms with E-state index in [0.717, 1.165) is 12.8 Å². The minimum absolute atomic E-state index is 0.0356. The van der Waals surface area contributed by atoms with Crippen LogP contribution in [0.4, 0.5) is 0 Å². The molecule has 0 N–H and O–H groups in total. The molecule has 2 rings (SSSR count). The summed E-state index contributed by atoms with van der Waals surface area (Å²) in [5, 5.41) is 1.27. The molecule has 2 radical (unpaired) electrons. The Kier molecular flexibility index (Phi) is 4.86. The van der Waals surface area contributed by atoms with E-state index in [1.807, 2.05) is 13.0 Å². The van der Waals surface area contributed by atoms with Gasteiger partial charge in [-0.2, -0.15) is 0 Å². The predicted molar refractivity (Wildman–Crippen MR) is 85.6 cm³/mol. The lowest BCUT2D eigenvalue weighted by molar-refractivity contribution is -0.147. The van der Waals surface area contributed by atoms with Crippen molar-refractivity contribution in [3.63, 3.8) is 0 Å². The normalized spacial score (nSPS) is 24.4. The average molecular weight is 291 g/mol. The molecule has 0 bridgehead atoms. The second-order valence-electron chi connectivity index (χ2n) is 5.96. The molecule has 1 fully saturated rings. The monoisotopic (exact) mass is 291 g/mol. The van der Waals surface area contributed by atoms with Crippen LogP contribution in [0.2, 0.25) is 0 Å². The standard InChI is InChI=1S/C17H24O2P/c1-13(19-14(2)18)16-11-8-12-17(16)20(3,4)15-9-6-5-7-10-15/h3,5-7,9-10,13,16-17H,8,11-12H2,1-2,4H3/q+1/t13-,16?,17+,20?/m1/s1. The number of rotatable bonds is 4. The van der Waals surface area contributed by atoms with E-state index in [4.69, 9.17) is 11.4 Å². The molecule has 4 atom stereocenters.